The molecule has 21 heavy (non-hydrogen) atoms. The number of nitrogens with one attached hydrogen (secondary N) is 1. The molecule has 1 aromatic carbocycles. The van der Waals surface area contributed by atoms with Gasteiger partial charge in [0.15, 0.2) is 0 Å². The topological polar surface area (TPSA) is 83.5 Å². The molecule has 0 saturated heterocycles. The normalized spacial score (nSPS) is 13.1. The van der Waals surface area contributed by atoms with Gasteiger partial charge in [-0.3, -0.25) is 0 Å². The zero-order chi connectivity index (χ0) is 16.2. The van der Waals surface area contributed by atoms with Crippen LogP contribution < -0.4 is 4.72 Å². The highest BCUT2D eigenvalue weighted by Crippen LogP contribution is 2.21. The smallest absolute Gasteiger partial charge is 0.335 e. The standard InChI is InChI=1S/C14H21NO4S2/c1-9-7-10(2)13(8-12(9)14(16)17)21(18,19)15-11(3)5-6-20-4/h7-8,11,15H,5-6H2,1-4H3,(H,16,17). The Bertz CT molecular complexity index is 626. The second-order valence-electron chi connectivity index (χ2n) is 5.04. The predicted octanol–water partition coefficient (Wildman–Crippen LogP) is 2.42. The largest absolute Gasteiger partial charge is 0.478 e. The minimum Gasteiger partial charge on any atom is -0.478 e. The number of benzene rings is 1. The molecule has 0 aromatic heterocycles. The van der Waals surface area contributed by atoms with Crippen LogP contribution in [0.3, 0.4) is 0 Å². The SMILES string of the molecule is CSCCC(C)NS(=O)(=O)c1cc(C(=O)O)c(C)cc1C. The van der Waals surface area contributed by atoms with Crippen LogP contribution in [0, 0.1) is 13.8 Å². The minimum atomic E-state index is -3.72. The summed E-state index contributed by atoms with van der Waals surface area (Å²) in [6.07, 6.45) is 2.68. The molecule has 1 rings (SSSR count). The van der Waals surface area contributed by atoms with Crippen molar-refractivity contribution in [3.8, 4) is 0 Å². The van der Waals surface area contributed by atoms with Crippen LogP contribution in [-0.2, 0) is 10.0 Å². The molecule has 0 saturated carbocycles. The van der Waals surface area contributed by atoms with Gasteiger partial charge < -0.3 is 5.11 Å². The van der Waals surface area contributed by atoms with Crippen LogP contribution in [0.2, 0.25) is 0 Å². The first-order chi connectivity index (χ1) is 9.69. The van der Waals surface area contributed by atoms with Crippen LogP contribution in [0.1, 0.15) is 34.8 Å². The van der Waals surface area contributed by atoms with Crippen LogP contribution in [0.15, 0.2) is 17.0 Å². The maximum Gasteiger partial charge on any atom is 0.335 e. The first-order valence-corrected chi connectivity index (χ1v) is 9.42. The molecule has 0 aliphatic rings. The van der Waals surface area contributed by atoms with E-state index in [1.165, 1.54) is 6.07 Å². The van der Waals surface area contributed by atoms with Crippen LogP contribution >= 0.6 is 11.8 Å². The number of aryl methyl sites for hydroxylation is 2. The third kappa shape index (κ3) is 4.72. The average Bonchev–Trinajstić information content (AvgIpc) is 2.34. The summed E-state index contributed by atoms with van der Waals surface area (Å²) < 4.78 is 27.4. The number of carboxylic acids is 1. The quantitative estimate of drug-likeness (QED) is 0.802. The van der Waals surface area contributed by atoms with Gasteiger partial charge in [0.1, 0.15) is 0 Å². The second-order valence-corrected chi connectivity index (χ2v) is 7.71. The number of carboxylic acid groups (broad SMARTS) is 1. The van der Waals surface area contributed by atoms with Gasteiger partial charge in [0.05, 0.1) is 10.5 Å². The summed E-state index contributed by atoms with van der Waals surface area (Å²) in [5, 5.41) is 9.13. The van der Waals surface area contributed by atoms with Gasteiger partial charge in [0.2, 0.25) is 10.0 Å². The van der Waals surface area contributed by atoms with Crippen LogP contribution in [0.4, 0.5) is 0 Å². The van der Waals surface area contributed by atoms with E-state index >= 15 is 0 Å². The van der Waals surface area contributed by atoms with Gasteiger partial charge in [-0.25, -0.2) is 17.9 Å². The summed E-state index contributed by atoms with van der Waals surface area (Å²) in [6, 6.07) is 2.62. The summed E-state index contributed by atoms with van der Waals surface area (Å²) in [5.74, 6) is -0.267. The van der Waals surface area contributed by atoms with Crippen molar-refractivity contribution in [2.24, 2.45) is 0 Å². The molecule has 0 heterocycles. The van der Waals surface area contributed by atoms with Crippen molar-refractivity contribution < 1.29 is 18.3 Å². The first-order valence-electron chi connectivity index (χ1n) is 6.55. The fourth-order valence-electron chi connectivity index (χ4n) is 2.03. The molecule has 2 N–H and O–H groups in total. The summed E-state index contributed by atoms with van der Waals surface area (Å²) in [6.45, 7) is 5.12. The Morgan fingerprint density at radius 3 is 2.48 bits per heavy atom. The number of hydrogen-bond acceptors (Lipinski definition) is 4. The zero-order valence-corrected chi connectivity index (χ0v) is 14.3. The van der Waals surface area contributed by atoms with E-state index in [4.69, 9.17) is 5.11 Å². The predicted molar refractivity (Wildman–Crippen MR) is 85.7 cm³/mol. The molecule has 0 amide bonds. The summed E-state index contributed by atoms with van der Waals surface area (Å²) in [5.41, 5.74) is 1.11. The van der Waals surface area contributed by atoms with Gasteiger partial charge in [0, 0.05) is 6.04 Å². The summed E-state index contributed by atoms with van der Waals surface area (Å²) in [4.78, 5) is 11.2. The fourth-order valence-corrected chi connectivity index (χ4v) is 4.15. The highest BCUT2D eigenvalue weighted by molar-refractivity contribution is 7.98. The third-order valence-electron chi connectivity index (χ3n) is 3.15. The Kier molecular flexibility index (Phi) is 6.24. The number of aromatic carboxylic acids is 1. The molecule has 5 nitrogen and oxygen atoms in total. The minimum absolute atomic E-state index is 0.0118. The lowest BCUT2D eigenvalue weighted by atomic mass is 10.1. The molecule has 0 fully saturated rings. The lowest BCUT2D eigenvalue weighted by molar-refractivity contribution is 0.0696. The Morgan fingerprint density at radius 2 is 1.95 bits per heavy atom. The van der Waals surface area contributed by atoms with Gasteiger partial charge in [-0.1, -0.05) is 6.07 Å². The maximum atomic E-state index is 12.4. The number of carbonyl (C=O) groups is 1. The van der Waals surface area contributed by atoms with E-state index in [9.17, 15) is 13.2 Å². The second kappa shape index (κ2) is 7.29. The van der Waals surface area contributed by atoms with Gasteiger partial charge in [-0.05, 0) is 56.4 Å². The van der Waals surface area contributed by atoms with Gasteiger partial charge in [-0.15, -0.1) is 0 Å². The average molecular weight is 331 g/mol. The van der Waals surface area contributed by atoms with Gasteiger partial charge in [0.25, 0.3) is 0 Å². The number of rotatable bonds is 7. The Hall–Kier alpha value is -1.05. The molecule has 118 valence electrons. The molecule has 7 heteroatoms. The van der Waals surface area contributed by atoms with Crippen molar-refractivity contribution in [3.63, 3.8) is 0 Å². The van der Waals surface area contributed by atoms with E-state index < -0.39 is 16.0 Å². The molecule has 0 spiro atoms. The number of sulfonamides is 1. The molecule has 1 atom stereocenters. The van der Waals surface area contributed by atoms with Crippen molar-refractivity contribution in [2.75, 3.05) is 12.0 Å². The number of thioether (sulfide) groups is 1. The Balaban J connectivity index is 3.13. The highest BCUT2D eigenvalue weighted by atomic mass is 32.2. The summed E-state index contributed by atoms with van der Waals surface area (Å²) >= 11 is 1.65. The molecule has 0 radical (unpaired) electrons. The molecular weight excluding hydrogens is 310 g/mol. The van der Waals surface area contributed by atoms with E-state index in [1.807, 2.05) is 6.26 Å². The van der Waals surface area contributed by atoms with E-state index in [0.717, 1.165) is 12.2 Å². The monoisotopic (exact) mass is 331 g/mol. The van der Waals surface area contributed by atoms with Crippen molar-refractivity contribution in [2.45, 2.75) is 38.1 Å². The van der Waals surface area contributed by atoms with Crippen molar-refractivity contribution >= 4 is 27.8 Å². The lowest BCUT2D eigenvalue weighted by Gasteiger charge is -2.16. The van der Waals surface area contributed by atoms with E-state index in [1.54, 1.807) is 38.6 Å². The maximum absolute atomic E-state index is 12.4. The molecular formula is C14H21NO4S2. The third-order valence-corrected chi connectivity index (χ3v) is 5.53. The molecule has 0 aliphatic carbocycles. The van der Waals surface area contributed by atoms with Gasteiger partial charge >= 0.3 is 5.97 Å². The van der Waals surface area contributed by atoms with Crippen LogP contribution in [0.25, 0.3) is 0 Å². The fraction of sp³-hybridized carbons (Fsp3) is 0.500. The van der Waals surface area contributed by atoms with E-state index in [0.29, 0.717) is 11.1 Å². The van der Waals surface area contributed by atoms with Crippen molar-refractivity contribution in [1.82, 2.24) is 4.72 Å². The highest BCUT2D eigenvalue weighted by Gasteiger charge is 2.22. The van der Waals surface area contributed by atoms with Gasteiger partial charge in [-0.2, -0.15) is 11.8 Å². The van der Waals surface area contributed by atoms with Crippen LogP contribution in [0.5, 0.6) is 0 Å². The first kappa shape index (κ1) is 18.0. The Labute approximate surface area is 130 Å². The van der Waals surface area contributed by atoms with E-state index in [-0.39, 0.29) is 16.5 Å². The zero-order valence-electron chi connectivity index (χ0n) is 12.6. The lowest BCUT2D eigenvalue weighted by Crippen LogP contribution is -2.33. The Morgan fingerprint density at radius 1 is 1.33 bits per heavy atom. The van der Waals surface area contributed by atoms with Crippen molar-refractivity contribution in [1.29, 1.82) is 0 Å². The van der Waals surface area contributed by atoms with Crippen LogP contribution in [-0.4, -0.2) is 37.5 Å². The molecule has 1 aromatic rings. The van der Waals surface area contributed by atoms with E-state index in [2.05, 4.69) is 4.72 Å². The molecule has 0 aliphatic heterocycles. The summed E-state index contributed by atoms with van der Waals surface area (Å²) in [7, 11) is -3.72. The van der Waals surface area contributed by atoms with Crippen molar-refractivity contribution in [3.05, 3.63) is 28.8 Å². The number of hydrogen-bond donors (Lipinski definition) is 2. The molecule has 1 unspecified atom stereocenters. The molecule has 0 bridgehead atoms.